The standard InChI is InChI=1S/C26H41N.C2H6.U/c1-5-7-9-19-10-12-20(13-11-19)21-14-16-23-22(18-21)15-17-25(26(3,4)27)24(23)8-6-2;1-2;/h5,15,17,19-21H,1,6-14,16,18,27H2,2-4H3;1-2H3;. The summed E-state index contributed by atoms with van der Waals surface area (Å²) in [6, 6.07) is 4.76. The molecule has 30 heavy (non-hydrogen) atoms. The Hall–Kier alpha value is -0.0281. The Kier molecular flexibility index (Phi) is 12.6. The molecule has 1 aromatic carbocycles. The van der Waals surface area contributed by atoms with E-state index in [0.717, 1.165) is 17.8 Å². The van der Waals surface area contributed by atoms with Gasteiger partial charge in [0.25, 0.3) is 0 Å². The number of hydrogen-bond donors (Lipinski definition) is 1. The molecule has 0 radical (unpaired) electrons. The van der Waals surface area contributed by atoms with Gasteiger partial charge in [0.15, 0.2) is 0 Å². The first-order valence-corrected chi connectivity index (χ1v) is 12.5. The Morgan fingerprint density at radius 3 is 2.30 bits per heavy atom. The smallest absolute Gasteiger partial charge is 0.0355 e. The molecule has 0 aliphatic heterocycles. The van der Waals surface area contributed by atoms with Gasteiger partial charge < -0.3 is 5.73 Å². The van der Waals surface area contributed by atoms with Gasteiger partial charge in [0.1, 0.15) is 0 Å². The maximum Gasteiger partial charge on any atom is 0.0355 e. The molecule has 0 saturated heterocycles. The monoisotopic (exact) mass is 635 g/mol. The third kappa shape index (κ3) is 7.25. The van der Waals surface area contributed by atoms with Gasteiger partial charge in [-0.2, -0.15) is 0 Å². The SMILES string of the molecule is C=CCCC1CCC(C2CCc3c(ccc(C(C)(C)N)c3CCC)C2)CC1.CC.[U]. The maximum absolute atomic E-state index is 6.51. The van der Waals surface area contributed by atoms with E-state index in [4.69, 9.17) is 5.73 Å². The van der Waals surface area contributed by atoms with Gasteiger partial charge in [0, 0.05) is 36.7 Å². The van der Waals surface area contributed by atoms with E-state index in [1.807, 2.05) is 13.8 Å². The van der Waals surface area contributed by atoms with Gasteiger partial charge in [-0.25, -0.2) is 0 Å². The molecular weight excluding hydrogens is 588 g/mol. The molecule has 2 aliphatic rings. The van der Waals surface area contributed by atoms with Crippen molar-refractivity contribution in [3.63, 3.8) is 0 Å². The van der Waals surface area contributed by atoms with Crippen LogP contribution in [0.2, 0.25) is 0 Å². The Morgan fingerprint density at radius 2 is 1.73 bits per heavy atom. The van der Waals surface area contributed by atoms with Crippen molar-refractivity contribution in [3.05, 3.63) is 47.0 Å². The second-order valence-corrected chi connectivity index (χ2v) is 9.85. The van der Waals surface area contributed by atoms with Crippen LogP contribution in [0.3, 0.4) is 0 Å². The Bertz CT molecular complexity index is 635. The van der Waals surface area contributed by atoms with Gasteiger partial charge in [0.05, 0.1) is 0 Å². The van der Waals surface area contributed by atoms with Crippen LogP contribution >= 0.6 is 0 Å². The van der Waals surface area contributed by atoms with Crippen molar-refractivity contribution in [1.82, 2.24) is 0 Å². The van der Waals surface area contributed by atoms with Gasteiger partial charge in [0.2, 0.25) is 0 Å². The van der Waals surface area contributed by atoms with Crippen molar-refractivity contribution in [2.24, 2.45) is 23.5 Å². The van der Waals surface area contributed by atoms with Crippen molar-refractivity contribution in [3.8, 4) is 0 Å². The molecule has 0 bridgehead atoms. The molecule has 1 nitrogen and oxygen atoms in total. The average molecular weight is 636 g/mol. The van der Waals surface area contributed by atoms with E-state index in [9.17, 15) is 0 Å². The van der Waals surface area contributed by atoms with Gasteiger partial charge in [-0.1, -0.05) is 58.2 Å². The molecule has 3 rings (SSSR count). The summed E-state index contributed by atoms with van der Waals surface area (Å²) < 4.78 is 0. The van der Waals surface area contributed by atoms with E-state index < -0.39 is 0 Å². The van der Waals surface area contributed by atoms with Crippen LogP contribution in [0.5, 0.6) is 0 Å². The van der Waals surface area contributed by atoms with Crippen LogP contribution < -0.4 is 5.73 Å². The fraction of sp³-hybridized carbons (Fsp3) is 0.714. The zero-order chi connectivity index (χ0) is 21.4. The van der Waals surface area contributed by atoms with E-state index >= 15 is 0 Å². The molecule has 1 atom stereocenters. The van der Waals surface area contributed by atoms with E-state index in [1.165, 1.54) is 76.2 Å². The van der Waals surface area contributed by atoms with E-state index in [2.05, 4.69) is 45.6 Å². The Labute approximate surface area is 211 Å². The van der Waals surface area contributed by atoms with Crippen LogP contribution in [0.25, 0.3) is 0 Å². The van der Waals surface area contributed by atoms with Gasteiger partial charge in [-0.05, 0) is 105 Å². The quantitative estimate of drug-likeness (QED) is 0.305. The minimum atomic E-state index is -0.236. The molecule has 0 amide bonds. The normalized spacial score (nSPS) is 23.5. The second kappa shape index (κ2) is 13.5. The third-order valence-corrected chi connectivity index (χ3v) is 7.31. The first kappa shape index (κ1) is 28.0. The number of nitrogens with two attached hydrogens (primary N) is 1. The predicted octanol–water partition coefficient (Wildman–Crippen LogP) is 7.74. The summed E-state index contributed by atoms with van der Waals surface area (Å²) in [6.07, 6.45) is 16.8. The molecule has 1 unspecified atom stereocenters. The van der Waals surface area contributed by atoms with Gasteiger partial charge in [-0.3, -0.25) is 0 Å². The zero-order valence-electron chi connectivity index (χ0n) is 20.5. The summed E-state index contributed by atoms with van der Waals surface area (Å²) in [4.78, 5) is 0. The first-order valence-electron chi connectivity index (χ1n) is 12.5. The largest absolute Gasteiger partial charge is 0.322 e. The van der Waals surface area contributed by atoms with E-state index in [-0.39, 0.29) is 36.7 Å². The molecule has 2 aliphatic carbocycles. The molecule has 1 aromatic rings. The van der Waals surface area contributed by atoms with Crippen molar-refractivity contribution < 1.29 is 31.1 Å². The topological polar surface area (TPSA) is 26.0 Å². The molecule has 1 saturated carbocycles. The van der Waals surface area contributed by atoms with Crippen molar-refractivity contribution in [2.75, 3.05) is 0 Å². The number of hydrogen-bond acceptors (Lipinski definition) is 1. The molecule has 2 N–H and O–H groups in total. The van der Waals surface area contributed by atoms with Crippen molar-refractivity contribution in [1.29, 1.82) is 0 Å². The van der Waals surface area contributed by atoms with Crippen LogP contribution in [0.15, 0.2) is 24.8 Å². The predicted molar refractivity (Wildman–Crippen MR) is 129 cm³/mol. The molecule has 1 fully saturated rings. The van der Waals surface area contributed by atoms with E-state index in [0.29, 0.717) is 0 Å². The van der Waals surface area contributed by atoms with Crippen molar-refractivity contribution in [2.45, 2.75) is 111 Å². The summed E-state index contributed by atoms with van der Waals surface area (Å²) in [5.41, 5.74) is 12.5. The van der Waals surface area contributed by atoms with Gasteiger partial charge >= 0.3 is 0 Å². The maximum atomic E-state index is 6.51. The van der Waals surface area contributed by atoms with Crippen LogP contribution in [-0.2, 0) is 24.8 Å². The number of rotatable bonds is 7. The minimum absolute atomic E-state index is 0. The van der Waals surface area contributed by atoms with Crippen LogP contribution in [0.1, 0.15) is 108 Å². The molecule has 0 heterocycles. The van der Waals surface area contributed by atoms with Crippen LogP contribution in [-0.4, -0.2) is 0 Å². The summed E-state index contributed by atoms with van der Waals surface area (Å²) >= 11 is 0. The fourth-order valence-corrected chi connectivity index (χ4v) is 5.80. The van der Waals surface area contributed by atoms with Crippen LogP contribution in [0.4, 0.5) is 0 Å². The average Bonchev–Trinajstić information content (AvgIpc) is 2.73. The number of allylic oxidation sites excluding steroid dienone is 1. The minimum Gasteiger partial charge on any atom is -0.322 e. The molecule has 2 heteroatoms. The Morgan fingerprint density at radius 1 is 1.07 bits per heavy atom. The molecule has 168 valence electrons. The third-order valence-electron chi connectivity index (χ3n) is 7.31. The summed E-state index contributed by atoms with van der Waals surface area (Å²) in [6.45, 7) is 14.5. The summed E-state index contributed by atoms with van der Waals surface area (Å²) in [5.74, 6) is 2.82. The molecular formula is C28H47NU. The molecule has 0 aromatic heterocycles. The van der Waals surface area contributed by atoms with Gasteiger partial charge in [-0.15, -0.1) is 6.58 Å². The van der Waals surface area contributed by atoms with Crippen molar-refractivity contribution >= 4 is 0 Å². The number of fused-ring (bicyclic) bond motifs is 1. The summed E-state index contributed by atoms with van der Waals surface area (Å²) in [7, 11) is 0. The molecule has 0 spiro atoms. The zero-order valence-corrected chi connectivity index (χ0v) is 24.7. The van der Waals surface area contributed by atoms with E-state index in [1.54, 1.807) is 16.7 Å². The number of benzene rings is 1. The fourth-order valence-electron chi connectivity index (χ4n) is 5.80. The Balaban J connectivity index is 0.00000146. The van der Waals surface area contributed by atoms with Crippen LogP contribution in [0, 0.1) is 48.9 Å². The first-order chi connectivity index (χ1) is 13.9. The second-order valence-electron chi connectivity index (χ2n) is 9.85. The summed E-state index contributed by atoms with van der Waals surface area (Å²) in [5, 5.41) is 0.